The van der Waals surface area contributed by atoms with E-state index >= 15 is 0 Å². The third kappa shape index (κ3) is 4.04. The molecule has 0 bridgehead atoms. The molecule has 1 aromatic heterocycles. The first-order valence-electron chi connectivity index (χ1n) is 7.34. The molecule has 1 aliphatic rings. The van der Waals surface area contributed by atoms with Crippen molar-refractivity contribution in [3.63, 3.8) is 0 Å². The third-order valence-corrected chi connectivity index (χ3v) is 7.13. The lowest BCUT2D eigenvalue weighted by Gasteiger charge is -2.20. The highest BCUT2D eigenvalue weighted by molar-refractivity contribution is 7.91. The van der Waals surface area contributed by atoms with Gasteiger partial charge in [-0.1, -0.05) is 32.1 Å². The molecule has 6 heteroatoms. The van der Waals surface area contributed by atoms with Crippen molar-refractivity contribution in [2.45, 2.75) is 68.7 Å². The molecule has 4 nitrogen and oxygen atoms in total. The zero-order valence-electron chi connectivity index (χ0n) is 12.0. The van der Waals surface area contributed by atoms with E-state index in [9.17, 15) is 8.42 Å². The van der Waals surface area contributed by atoms with E-state index in [2.05, 4.69) is 4.72 Å². The van der Waals surface area contributed by atoms with Gasteiger partial charge in [-0.2, -0.15) is 0 Å². The highest BCUT2D eigenvalue weighted by atomic mass is 32.2. The van der Waals surface area contributed by atoms with Crippen LogP contribution in [0.2, 0.25) is 0 Å². The Hall–Kier alpha value is -0.430. The molecule has 0 radical (unpaired) electrons. The summed E-state index contributed by atoms with van der Waals surface area (Å²) in [4.78, 5) is 0.947. The Bertz CT molecular complexity index is 529. The molecule has 20 heavy (non-hydrogen) atoms. The SMILES string of the molecule is Cc1cc(S(=O)(=O)NC2CCCCCCC2)sc1CN. The second kappa shape index (κ2) is 7.02. The molecule has 0 amide bonds. The average Bonchev–Trinajstić information content (AvgIpc) is 2.74. The van der Waals surface area contributed by atoms with Crippen LogP contribution >= 0.6 is 11.3 Å². The molecular weight excluding hydrogens is 292 g/mol. The lowest BCUT2D eigenvalue weighted by Crippen LogP contribution is -2.34. The lowest BCUT2D eigenvalue weighted by atomic mass is 9.97. The largest absolute Gasteiger partial charge is 0.326 e. The quantitative estimate of drug-likeness (QED) is 0.897. The van der Waals surface area contributed by atoms with Crippen molar-refractivity contribution < 1.29 is 8.42 Å². The first-order valence-corrected chi connectivity index (χ1v) is 9.64. The van der Waals surface area contributed by atoms with Crippen LogP contribution < -0.4 is 10.5 Å². The van der Waals surface area contributed by atoms with Gasteiger partial charge in [-0.05, 0) is 31.4 Å². The van der Waals surface area contributed by atoms with Gasteiger partial charge in [0, 0.05) is 17.5 Å². The van der Waals surface area contributed by atoms with Crippen LogP contribution in [-0.2, 0) is 16.6 Å². The predicted molar refractivity (Wildman–Crippen MR) is 83.4 cm³/mol. The summed E-state index contributed by atoms with van der Waals surface area (Å²) >= 11 is 1.29. The first kappa shape index (κ1) is 15.9. The number of hydrogen-bond acceptors (Lipinski definition) is 4. The summed E-state index contributed by atoms with van der Waals surface area (Å²) in [6.45, 7) is 2.31. The molecule has 1 saturated carbocycles. The number of nitrogens with one attached hydrogen (secondary N) is 1. The average molecular weight is 316 g/mol. The van der Waals surface area contributed by atoms with Crippen LogP contribution in [0.15, 0.2) is 10.3 Å². The Morgan fingerprint density at radius 2 is 1.85 bits per heavy atom. The number of sulfonamides is 1. The van der Waals surface area contributed by atoms with Gasteiger partial charge in [0.15, 0.2) is 0 Å². The highest BCUT2D eigenvalue weighted by Crippen LogP contribution is 2.26. The van der Waals surface area contributed by atoms with Gasteiger partial charge < -0.3 is 5.73 Å². The molecular formula is C14H24N2O2S2. The van der Waals surface area contributed by atoms with Gasteiger partial charge in [0.25, 0.3) is 0 Å². The van der Waals surface area contributed by atoms with E-state index in [4.69, 9.17) is 5.73 Å². The lowest BCUT2D eigenvalue weighted by molar-refractivity contribution is 0.427. The Kier molecular flexibility index (Phi) is 5.60. The summed E-state index contributed by atoms with van der Waals surface area (Å²) in [5, 5.41) is 0. The Morgan fingerprint density at radius 1 is 1.25 bits per heavy atom. The molecule has 0 aromatic carbocycles. The predicted octanol–water partition coefficient (Wildman–Crippen LogP) is 2.91. The zero-order chi connectivity index (χ0) is 14.6. The fourth-order valence-electron chi connectivity index (χ4n) is 2.68. The number of rotatable bonds is 4. The molecule has 1 fully saturated rings. The van der Waals surface area contributed by atoms with Crippen LogP contribution in [-0.4, -0.2) is 14.5 Å². The molecule has 1 aliphatic carbocycles. The maximum absolute atomic E-state index is 12.4. The second-order valence-electron chi connectivity index (χ2n) is 5.54. The van der Waals surface area contributed by atoms with E-state index in [1.54, 1.807) is 6.07 Å². The summed E-state index contributed by atoms with van der Waals surface area (Å²) in [5.74, 6) is 0. The van der Waals surface area contributed by atoms with Crippen molar-refractivity contribution in [3.05, 3.63) is 16.5 Å². The van der Waals surface area contributed by atoms with Gasteiger partial charge >= 0.3 is 0 Å². The van der Waals surface area contributed by atoms with Crippen molar-refractivity contribution in [3.8, 4) is 0 Å². The summed E-state index contributed by atoms with van der Waals surface area (Å²) < 4.78 is 28.2. The Balaban J connectivity index is 2.08. The highest BCUT2D eigenvalue weighted by Gasteiger charge is 2.23. The van der Waals surface area contributed by atoms with E-state index in [0.717, 1.165) is 36.1 Å². The van der Waals surface area contributed by atoms with E-state index in [1.165, 1.54) is 30.6 Å². The zero-order valence-corrected chi connectivity index (χ0v) is 13.7. The Morgan fingerprint density at radius 3 is 2.40 bits per heavy atom. The smallest absolute Gasteiger partial charge is 0.250 e. The fraction of sp³-hybridized carbons (Fsp3) is 0.714. The van der Waals surface area contributed by atoms with Crippen molar-refractivity contribution >= 4 is 21.4 Å². The first-order chi connectivity index (χ1) is 9.53. The minimum Gasteiger partial charge on any atom is -0.326 e. The monoisotopic (exact) mass is 316 g/mol. The van der Waals surface area contributed by atoms with Gasteiger partial charge in [0.1, 0.15) is 4.21 Å². The Labute approximate surface area is 125 Å². The molecule has 3 N–H and O–H groups in total. The van der Waals surface area contributed by atoms with E-state index in [-0.39, 0.29) is 6.04 Å². The number of nitrogens with two attached hydrogens (primary N) is 1. The van der Waals surface area contributed by atoms with E-state index < -0.39 is 10.0 Å². The molecule has 0 saturated heterocycles. The summed E-state index contributed by atoms with van der Waals surface area (Å²) in [7, 11) is -3.39. The minimum atomic E-state index is -3.39. The van der Waals surface area contributed by atoms with Crippen molar-refractivity contribution in [2.24, 2.45) is 5.73 Å². The molecule has 1 heterocycles. The van der Waals surface area contributed by atoms with Gasteiger partial charge in [0.2, 0.25) is 10.0 Å². The number of thiophene rings is 1. The van der Waals surface area contributed by atoms with Crippen LogP contribution in [0.3, 0.4) is 0 Å². The van der Waals surface area contributed by atoms with E-state index in [1.807, 2.05) is 6.92 Å². The molecule has 0 spiro atoms. The van der Waals surface area contributed by atoms with E-state index in [0.29, 0.717) is 10.8 Å². The van der Waals surface area contributed by atoms with Gasteiger partial charge in [-0.15, -0.1) is 11.3 Å². The van der Waals surface area contributed by atoms with Crippen LogP contribution in [0.1, 0.15) is 55.4 Å². The summed E-state index contributed by atoms with van der Waals surface area (Å²) in [6, 6.07) is 1.82. The van der Waals surface area contributed by atoms with Crippen LogP contribution in [0.25, 0.3) is 0 Å². The normalized spacial score (nSPS) is 18.7. The maximum atomic E-state index is 12.4. The van der Waals surface area contributed by atoms with Crippen LogP contribution in [0.5, 0.6) is 0 Å². The van der Waals surface area contributed by atoms with Crippen molar-refractivity contribution in [1.82, 2.24) is 4.72 Å². The molecule has 2 rings (SSSR count). The van der Waals surface area contributed by atoms with Crippen molar-refractivity contribution in [1.29, 1.82) is 0 Å². The maximum Gasteiger partial charge on any atom is 0.250 e. The molecule has 0 atom stereocenters. The second-order valence-corrected chi connectivity index (χ2v) is 8.62. The standard InChI is InChI=1S/C14H24N2O2S2/c1-11-9-14(19-13(11)10-15)20(17,18)16-12-7-5-3-2-4-6-8-12/h9,12,16H,2-8,10,15H2,1H3. The third-order valence-electron chi connectivity index (χ3n) is 3.88. The summed E-state index contributed by atoms with van der Waals surface area (Å²) in [6.07, 6.45) is 7.85. The summed E-state index contributed by atoms with van der Waals surface area (Å²) in [5.41, 5.74) is 6.59. The molecule has 1 aromatic rings. The van der Waals surface area contributed by atoms with Gasteiger partial charge in [-0.25, -0.2) is 13.1 Å². The van der Waals surface area contributed by atoms with Crippen LogP contribution in [0, 0.1) is 6.92 Å². The minimum absolute atomic E-state index is 0.0871. The van der Waals surface area contributed by atoms with Gasteiger partial charge in [0.05, 0.1) is 0 Å². The number of aryl methyl sites for hydroxylation is 1. The topological polar surface area (TPSA) is 72.2 Å². The van der Waals surface area contributed by atoms with Crippen LogP contribution in [0.4, 0.5) is 0 Å². The molecule has 0 aliphatic heterocycles. The van der Waals surface area contributed by atoms with Crippen molar-refractivity contribution in [2.75, 3.05) is 0 Å². The number of hydrogen-bond donors (Lipinski definition) is 2. The molecule has 0 unspecified atom stereocenters. The molecule has 114 valence electrons. The van der Waals surface area contributed by atoms with Gasteiger partial charge in [-0.3, -0.25) is 0 Å². The fourth-order valence-corrected chi connectivity index (χ4v) is 5.46.